The number of halogens is 1. The number of carbonyl (C=O) groups excluding carboxylic acids is 1. The Hall–Kier alpha value is -3.89. The van der Waals surface area contributed by atoms with Gasteiger partial charge in [-0.2, -0.15) is 0 Å². The van der Waals surface area contributed by atoms with Gasteiger partial charge in [0, 0.05) is 29.9 Å². The van der Waals surface area contributed by atoms with E-state index in [9.17, 15) is 13.2 Å². The van der Waals surface area contributed by atoms with E-state index in [1.54, 1.807) is 6.07 Å². The first kappa shape index (κ1) is 25.2. The molecule has 2 N–H and O–H groups in total. The number of aryl methyl sites for hydroxylation is 1. The van der Waals surface area contributed by atoms with Crippen LogP contribution in [0.25, 0.3) is 11.1 Å². The number of nitrogens with one attached hydrogen (secondary N) is 2. The van der Waals surface area contributed by atoms with Crippen molar-refractivity contribution < 1.29 is 22.5 Å². The normalized spacial score (nSPS) is 12.1. The van der Waals surface area contributed by atoms with E-state index < -0.39 is 15.9 Å². The maximum Gasteiger partial charge on any atom is 0.264 e. The molecular formula is C25H23ClN4O5S. The Kier molecular flexibility index (Phi) is 7.27. The number of rotatable bonds is 8. The molecule has 11 heteroatoms. The van der Waals surface area contributed by atoms with Gasteiger partial charge in [-0.1, -0.05) is 35.0 Å². The van der Waals surface area contributed by atoms with Crippen molar-refractivity contribution in [1.82, 2.24) is 15.5 Å². The Bertz CT molecular complexity index is 1490. The first-order valence-corrected chi connectivity index (χ1v) is 12.6. The fourth-order valence-corrected chi connectivity index (χ4v) is 4.77. The van der Waals surface area contributed by atoms with E-state index >= 15 is 0 Å². The molecule has 4 aromatic rings. The van der Waals surface area contributed by atoms with Gasteiger partial charge in [-0.25, -0.2) is 8.42 Å². The Labute approximate surface area is 213 Å². The van der Waals surface area contributed by atoms with Crippen LogP contribution in [0.15, 0.2) is 76.5 Å². The molecule has 2 aromatic carbocycles. The van der Waals surface area contributed by atoms with Gasteiger partial charge >= 0.3 is 0 Å². The molecule has 0 fully saturated rings. The largest absolute Gasteiger partial charge is 0.496 e. The quantitative estimate of drug-likeness (QED) is 0.349. The summed E-state index contributed by atoms with van der Waals surface area (Å²) in [5.41, 5.74) is 3.71. The summed E-state index contributed by atoms with van der Waals surface area (Å²) in [5, 5.41) is 6.87. The summed E-state index contributed by atoms with van der Waals surface area (Å²) in [6.45, 7) is 1.93. The first-order chi connectivity index (χ1) is 17.2. The summed E-state index contributed by atoms with van der Waals surface area (Å²) in [5.74, 6) is -0.638. The third-order valence-corrected chi connectivity index (χ3v) is 7.35. The molecule has 1 unspecified atom stereocenters. The number of sulfonamides is 1. The number of likely N-dealkylation sites (N-methyl/N-ethyl adjacent to an activating group) is 1. The van der Waals surface area contributed by atoms with Crippen LogP contribution in [0.1, 0.15) is 22.7 Å². The van der Waals surface area contributed by atoms with Crippen molar-refractivity contribution in [2.45, 2.75) is 17.7 Å². The summed E-state index contributed by atoms with van der Waals surface area (Å²) in [7, 11) is -0.897. The molecule has 0 aliphatic carbocycles. The molecule has 0 saturated heterocycles. The van der Waals surface area contributed by atoms with Gasteiger partial charge in [0.2, 0.25) is 5.91 Å². The molecule has 0 radical (unpaired) electrons. The minimum absolute atomic E-state index is 0.0445. The van der Waals surface area contributed by atoms with Crippen LogP contribution < -0.4 is 14.8 Å². The van der Waals surface area contributed by atoms with Crippen molar-refractivity contribution in [3.63, 3.8) is 0 Å². The molecule has 0 spiro atoms. The first-order valence-electron chi connectivity index (χ1n) is 10.8. The summed E-state index contributed by atoms with van der Waals surface area (Å²) in [6, 6.07) is 15.5. The van der Waals surface area contributed by atoms with Gasteiger partial charge in [0.1, 0.15) is 22.8 Å². The summed E-state index contributed by atoms with van der Waals surface area (Å²) in [6.07, 6.45) is 2.44. The summed E-state index contributed by atoms with van der Waals surface area (Å²) >= 11 is 6.16. The van der Waals surface area contributed by atoms with Crippen LogP contribution >= 0.6 is 11.6 Å². The van der Waals surface area contributed by atoms with Crippen molar-refractivity contribution in [1.29, 1.82) is 0 Å². The molecule has 0 bridgehead atoms. The zero-order chi connectivity index (χ0) is 25.9. The third kappa shape index (κ3) is 5.19. The number of hydrogen-bond donors (Lipinski definition) is 2. The lowest BCUT2D eigenvalue weighted by molar-refractivity contribution is -0.121. The maximum absolute atomic E-state index is 12.9. The third-order valence-electron chi connectivity index (χ3n) is 5.59. The molecule has 1 atom stereocenters. The number of benzene rings is 2. The van der Waals surface area contributed by atoms with Crippen molar-refractivity contribution in [2.75, 3.05) is 18.9 Å². The Morgan fingerprint density at radius 3 is 2.44 bits per heavy atom. The predicted molar refractivity (Wildman–Crippen MR) is 136 cm³/mol. The highest BCUT2D eigenvalue weighted by molar-refractivity contribution is 7.92. The van der Waals surface area contributed by atoms with E-state index in [4.69, 9.17) is 16.3 Å². The molecule has 186 valence electrons. The highest BCUT2D eigenvalue weighted by atomic mass is 35.5. The van der Waals surface area contributed by atoms with Crippen LogP contribution in [-0.4, -0.2) is 38.6 Å². The van der Waals surface area contributed by atoms with Crippen LogP contribution in [0.5, 0.6) is 5.75 Å². The number of anilines is 1. The molecule has 0 saturated carbocycles. The van der Waals surface area contributed by atoms with E-state index in [2.05, 4.69) is 24.7 Å². The average Bonchev–Trinajstić information content (AvgIpc) is 3.38. The number of amides is 1. The summed E-state index contributed by atoms with van der Waals surface area (Å²) in [4.78, 5) is 17.2. The lowest BCUT2D eigenvalue weighted by Crippen LogP contribution is -2.27. The van der Waals surface area contributed by atoms with Gasteiger partial charge in [-0.15, -0.1) is 0 Å². The topological polar surface area (TPSA) is 123 Å². The van der Waals surface area contributed by atoms with E-state index in [-0.39, 0.29) is 16.6 Å². The van der Waals surface area contributed by atoms with Gasteiger partial charge in [-0.3, -0.25) is 14.5 Å². The van der Waals surface area contributed by atoms with E-state index in [1.165, 1.54) is 44.8 Å². The highest BCUT2D eigenvalue weighted by Crippen LogP contribution is 2.36. The molecule has 36 heavy (non-hydrogen) atoms. The van der Waals surface area contributed by atoms with Crippen molar-refractivity contribution in [2.24, 2.45) is 0 Å². The second-order valence-corrected chi connectivity index (χ2v) is 9.97. The van der Waals surface area contributed by atoms with Gasteiger partial charge in [-0.05, 0) is 53.9 Å². The summed E-state index contributed by atoms with van der Waals surface area (Å²) < 4.78 is 37.8. The van der Waals surface area contributed by atoms with Crippen LogP contribution in [0.4, 0.5) is 5.82 Å². The van der Waals surface area contributed by atoms with Crippen molar-refractivity contribution in [3.8, 4) is 16.9 Å². The second-order valence-electron chi connectivity index (χ2n) is 7.88. The molecule has 2 aromatic heterocycles. The Morgan fingerprint density at radius 2 is 1.83 bits per heavy atom. The minimum atomic E-state index is -3.94. The smallest absolute Gasteiger partial charge is 0.264 e. The lowest BCUT2D eigenvalue weighted by atomic mass is 9.91. The number of hydrogen-bond acceptors (Lipinski definition) is 7. The number of aromatic nitrogens is 2. The van der Waals surface area contributed by atoms with Crippen LogP contribution in [0, 0.1) is 6.92 Å². The number of nitrogens with zero attached hydrogens (tertiary/aromatic N) is 2. The number of carbonyl (C=O) groups is 1. The zero-order valence-electron chi connectivity index (χ0n) is 19.7. The van der Waals surface area contributed by atoms with Crippen LogP contribution in [0.2, 0.25) is 5.02 Å². The molecule has 4 rings (SSSR count). The molecule has 1 amide bonds. The molecule has 2 heterocycles. The van der Waals surface area contributed by atoms with Crippen LogP contribution in [-0.2, 0) is 14.8 Å². The monoisotopic (exact) mass is 526 g/mol. The maximum atomic E-state index is 12.9. The molecule has 0 aliphatic heterocycles. The van der Waals surface area contributed by atoms with E-state index in [1.807, 2.05) is 37.3 Å². The molecular weight excluding hydrogens is 504 g/mol. The van der Waals surface area contributed by atoms with E-state index in [0.717, 1.165) is 16.7 Å². The van der Waals surface area contributed by atoms with E-state index in [0.29, 0.717) is 22.0 Å². The zero-order valence-corrected chi connectivity index (χ0v) is 21.2. The molecule has 9 nitrogen and oxygen atoms in total. The SMILES string of the molecule is CNC(=O)C(c1ccc(S(=O)(=O)Nc2ccon2)cn1)c1ccc(-c2ccc(Cl)c(C)c2)cc1OC. The lowest BCUT2D eigenvalue weighted by Gasteiger charge is -2.19. The van der Waals surface area contributed by atoms with Crippen molar-refractivity contribution in [3.05, 3.63) is 88.9 Å². The Balaban J connectivity index is 1.70. The van der Waals surface area contributed by atoms with Gasteiger partial charge in [0.05, 0.1) is 12.8 Å². The van der Waals surface area contributed by atoms with Gasteiger partial charge < -0.3 is 14.6 Å². The Morgan fingerprint density at radius 1 is 1.08 bits per heavy atom. The number of pyridine rings is 1. The number of methoxy groups -OCH3 is 1. The average molecular weight is 527 g/mol. The van der Waals surface area contributed by atoms with Gasteiger partial charge in [0.25, 0.3) is 10.0 Å². The number of ether oxygens (including phenoxy) is 1. The second kappa shape index (κ2) is 10.4. The van der Waals surface area contributed by atoms with Crippen molar-refractivity contribution >= 4 is 33.3 Å². The molecule has 0 aliphatic rings. The predicted octanol–water partition coefficient (Wildman–Crippen LogP) is 4.39. The minimum Gasteiger partial charge on any atom is -0.496 e. The van der Waals surface area contributed by atoms with Crippen LogP contribution in [0.3, 0.4) is 0 Å². The standard InChI is InChI=1S/C25H23ClN4O5S/c1-15-12-16(5-8-20(15)26)17-4-7-19(22(13-17)34-3)24(25(31)27-2)21-9-6-18(14-28-21)36(32,33)30-23-10-11-35-29-23/h4-14,24H,1-3H3,(H,27,31)(H,29,30). The fourth-order valence-electron chi connectivity index (χ4n) is 3.72. The highest BCUT2D eigenvalue weighted by Gasteiger charge is 2.28. The fraction of sp³-hybridized carbons (Fsp3) is 0.160. The van der Waals surface area contributed by atoms with Gasteiger partial charge in [0.15, 0.2) is 5.82 Å².